The lowest BCUT2D eigenvalue weighted by Gasteiger charge is -2.11. The predicted octanol–water partition coefficient (Wildman–Crippen LogP) is 1.92. The van der Waals surface area contributed by atoms with E-state index in [1.54, 1.807) is 6.07 Å². The molecule has 0 radical (unpaired) electrons. The maximum Gasteiger partial charge on any atom is 0.249 e. The molecule has 2 N–H and O–H groups in total. The van der Waals surface area contributed by atoms with Crippen LogP contribution in [0.5, 0.6) is 0 Å². The van der Waals surface area contributed by atoms with E-state index in [-0.39, 0.29) is 6.04 Å². The Balaban J connectivity index is 1.75. The average molecular weight is 279 g/mol. The monoisotopic (exact) mass is 278 g/mol. The Morgan fingerprint density at radius 1 is 1.37 bits per heavy atom. The molecule has 19 heavy (non-hydrogen) atoms. The molecule has 3 rings (SSSR count). The van der Waals surface area contributed by atoms with Crippen LogP contribution in [-0.2, 0) is 6.54 Å². The first-order valence-electron chi connectivity index (χ1n) is 6.27. The summed E-state index contributed by atoms with van der Waals surface area (Å²) in [5, 5.41) is 8.73. The van der Waals surface area contributed by atoms with E-state index in [4.69, 9.17) is 21.8 Å². The fourth-order valence-corrected chi connectivity index (χ4v) is 2.48. The predicted molar refractivity (Wildman–Crippen MR) is 72.6 cm³/mol. The minimum Gasteiger partial charge on any atom is -0.419 e. The molecule has 1 fully saturated rings. The van der Waals surface area contributed by atoms with Crippen molar-refractivity contribution >= 4 is 11.6 Å². The van der Waals surface area contributed by atoms with Gasteiger partial charge in [0.15, 0.2) is 0 Å². The second-order valence-electron chi connectivity index (χ2n) is 4.76. The van der Waals surface area contributed by atoms with Gasteiger partial charge in [0.2, 0.25) is 11.8 Å². The normalized spacial score (nSPS) is 20.0. The molecule has 1 atom stereocenters. The van der Waals surface area contributed by atoms with E-state index in [1.807, 2.05) is 18.2 Å². The third-order valence-corrected chi connectivity index (χ3v) is 3.57. The van der Waals surface area contributed by atoms with Crippen molar-refractivity contribution in [2.45, 2.75) is 19.0 Å². The highest BCUT2D eigenvalue weighted by Crippen LogP contribution is 2.26. The number of aromatic nitrogens is 2. The molecular formula is C13H15ClN4O. The number of likely N-dealkylation sites (tertiary alicyclic amines) is 1. The van der Waals surface area contributed by atoms with Crippen molar-refractivity contribution in [1.82, 2.24) is 15.1 Å². The van der Waals surface area contributed by atoms with Crippen LogP contribution in [0.4, 0.5) is 0 Å². The Kier molecular flexibility index (Phi) is 3.50. The lowest BCUT2D eigenvalue weighted by Crippen LogP contribution is -2.26. The summed E-state index contributed by atoms with van der Waals surface area (Å²) in [6.45, 7) is 2.50. The van der Waals surface area contributed by atoms with Gasteiger partial charge >= 0.3 is 0 Å². The average Bonchev–Trinajstić information content (AvgIpc) is 3.00. The van der Waals surface area contributed by atoms with E-state index in [0.29, 0.717) is 23.3 Å². The van der Waals surface area contributed by atoms with Crippen LogP contribution in [0.1, 0.15) is 12.3 Å². The van der Waals surface area contributed by atoms with Crippen molar-refractivity contribution in [2.75, 3.05) is 13.1 Å². The molecule has 0 spiro atoms. The van der Waals surface area contributed by atoms with Crippen molar-refractivity contribution < 1.29 is 4.42 Å². The zero-order valence-electron chi connectivity index (χ0n) is 10.4. The Morgan fingerprint density at radius 3 is 2.95 bits per heavy atom. The van der Waals surface area contributed by atoms with Crippen LogP contribution in [0.3, 0.4) is 0 Å². The van der Waals surface area contributed by atoms with E-state index < -0.39 is 0 Å². The number of hydrogen-bond acceptors (Lipinski definition) is 5. The first-order valence-corrected chi connectivity index (χ1v) is 6.65. The van der Waals surface area contributed by atoms with Crippen molar-refractivity contribution in [3.05, 3.63) is 35.2 Å². The van der Waals surface area contributed by atoms with Crippen molar-refractivity contribution in [3.8, 4) is 11.5 Å². The fraction of sp³-hybridized carbons (Fsp3) is 0.385. The number of hydrogen-bond donors (Lipinski definition) is 1. The van der Waals surface area contributed by atoms with Gasteiger partial charge in [0.25, 0.3) is 0 Å². The van der Waals surface area contributed by atoms with Crippen LogP contribution in [-0.4, -0.2) is 34.2 Å². The number of nitrogens with zero attached hydrogens (tertiary/aromatic N) is 3. The van der Waals surface area contributed by atoms with Crippen molar-refractivity contribution in [1.29, 1.82) is 0 Å². The molecule has 0 bridgehead atoms. The Labute approximate surface area is 116 Å². The highest BCUT2D eigenvalue weighted by atomic mass is 35.5. The molecule has 1 aromatic carbocycles. The third-order valence-electron chi connectivity index (χ3n) is 3.24. The molecule has 2 aromatic rings. The molecule has 1 saturated heterocycles. The number of benzene rings is 1. The van der Waals surface area contributed by atoms with Gasteiger partial charge in [-0.25, -0.2) is 0 Å². The topological polar surface area (TPSA) is 68.2 Å². The highest BCUT2D eigenvalue weighted by molar-refractivity contribution is 6.33. The SMILES string of the molecule is N[C@H]1CCN(Cc2nnc(-c3ccccc3Cl)o2)C1. The number of rotatable bonds is 3. The van der Waals surface area contributed by atoms with E-state index in [0.717, 1.165) is 25.1 Å². The molecule has 5 nitrogen and oxygen atoms in total. The van der Waals surface area contributed by atoms with Crippen LogP contribution in [0.25, 0.3) is 11.5 Å². The quantitative estimate of drug-likeness (QED) is 0.929. The smallest absolute Gasteiger partial charge is 0.249 e. The van der Waals surface area contributed by atoms with Gasteiger partial charge in [0.1, 0.15) is 0 Å². The van der Waals surface area contributed by atoms with E-state index >= 15 is 0 Å². The fourth-order valence-electron chi connectivity index (χ4n) is 2.26. The van der Waals surface area contributed by atoms with Gasteiger partial charge in [0, 0.05) is 19.1 Å². The zero-order valence-corrected chi connectivity index (χ0v) is 11.2. The Bertz CT molecular complexity index is 571. The van der Waals surface area contributed by atoms with Gasteiger partial charge in [-0.3, -0.25) is 4.90 Å². The van der Waals surface area contributed by atoms with Gasteiger partial charge in [-0.15, -0.1) is 10.2 Å². The first kappa shape index (κ1) is 12.6. The second kappa shape index (κ2) is 5.28. The summed E-state index contributed by atoms with van der Waals surface area (Å²) in [7, 11) is 0. The molecule has 1 aliphatic rings. The van der Waals surface area contributed by atoms with Crippen molar-refractivity contribution in [3.63, 3.8) is 0 Å². The van der Waals surface area contributed by atoms with E-state index in [9.17, 15) is 0 Å². The highest BCUT2D eigenvalue weighted by Gasteiger charge is 2.21. The van der Waals surface area contributed by atoms with E-state index in [1.165, 1.54) is 0 Å². The maximum atomic E-state index is 6.10. The summed E-state index contributed by atoms with van der Waals surface area (Å²) in [6.07, 6.45) is 1.02. The van der Waals surface area contributed by atoms with Crippen LogP contribution in [0, 0.1) is 0 Å². The summed E-state index contributed by atoms with van der Waals surface area (Å²) >= 11 is 6.10. The van der Waals surface area contributed by atoms with Gasteiger partial charge in [0.05, 0.1) is 17.1 Å². The molecule has 1 aromatic heterocycles. The first-order chi connectivity index (χ1) is 9.22. The van der Waals surface area contributed by atoms with Gasteiger partial charge < -0.3 is 10.2 Å². The molecule has 100 valence electrons. The maximum absolute atomic E-state index is 6.10. The van der Waals surface area contributed by atoms with Crippen LogP contribution < -0.4 is 5.73 Å². The minimum absolute atomic E-state index is 0.256. The molecule has 1 aliphatic heterocycles. The zero-order chi connectivity index (χ0) is 13.2. The molecule has 2 heterocycles. The summed E-state index contributed by atoms with van der Waals surface area (Å²) in [5.74, 6) is 1.06. The summed E-state index contributed by atoms with van der Waals surface area (Å²) in [4.78, 5) is 2.22. The van der Waals surface area contributed by atoms with Gasteiger partial charge in [-0.2, -0.15) is 0 Å². The second-order valence-corrected chi connectivity index (χ2v) is 5.17. The molecule has 0 unspecified atom stereocenters. The van der Waals surface area contributed by atoms with Crippen LogP contribution in [0.15, 0.2) is 28.7 Å². The number of nitrogens with two attached hydrogens (primary N) is 1. The van der Waals surface area contributed by atoms with Gasteiger partial charge in [-0.05, 0) is 18.6 Å². The molecule has 0 amide bonds. The van der Waals surface area contributed by atoms with Crippen LogP contribution >= 0.6 is 11.6 Å². The Hall–Kier alpha value is -1.43. The molecule has 0 aliphatic carbocycles. The lowest BCUT2D eigenvalue weighted by atomic mass is 10.2. The van der Waals surface area contributed by atoms with E-state index in [2.05, 4.69) is 15.1 Å². The lowest BCUT2D eigenvalue weighted by molar-refractivity contribution is 0.289. The molecular weight excluding hydrogens is 264 g/mol. The number of halogens is 1. The standard InChI is InChI=1S/C13H15ClN4O/c14-11-4-2-1-3-10(11)13-17-16-12(19-13)8-18-6-5-9(15)7-18/h1-4,9H,5-8,15H2/t9-/m0/s1. The Morgan fingerprint density at radius 2 is 2.21 bits per heavy atom. The van der Waals surface area contributed by atoms with Gasteiger partial charge in [-0.1, -0.05) is 23.7 Å². The summed E-state index contributed by atoms with van der Waals surface area (Å²) < 4.78 is 5.66. The van der Waals surface area contributed by atoms with Crippen LogP contribution in [0.2, 0.25) is 5.02 Å². The third kappa shape index (κ3) is 2.78. The summed E-state index contributed by atoms with van der Waals surface area (Å²) in [6, 6.07) is 7.69. The molecule has 0 saturated carbocycles. The minimum atomic E-state index is 0.256. The largest absolute Gasteiger partial charge is 0.419 e. The van der Waals surface area contributed by atoms with Crippen molar-refractivity contribution in [2.24, 2.45) is 5.73 Å². The molecule has 6 heteroatoms. The summed E-state index contributed by atoms with van der Waals surface area (Å²) in [5.41, 5.74) is 6.63.